The Morgan fingerprint density at radius 3 is 2.46 bits per heavy atom. The van der Waals surface area contributed by atoms with Crippen molar-refractivity contribution >= 4 is 68.1 Å². The maximum Gasteiger partial charge on any atom is 0.335 e. The van der Waals surface area contributed by atoms with Gasteiger partial charge in [0.2, 0.25) is 0 Å². The van der Waals surface area contributed by atoms with Crippen LogP contribution in [0.1, 0.15) is 30.9 Å². The first kappa shape index (κ1) is 28.6. The highest BCUT2D eigenvalue weighted by molar-refractivity contribution is 14.1. The Morgan fingerprint density at radius 1 is 1.03 bits per heavy atom. The molecule has 202 valence electrons. The van der Waals surface area contributed by atoms with Crippen LogP contribution in [0.25, 0.3) is 6.08 Å². The average molecular weight is 705 g/mol. The van der Waals surface area contributed by atoms with Gasteiger partial charge in [0.25, 0.3) is 11.8 Å². The summed E-state index contributed by atoms with van der Waals surface area (Å²) >= 11 is 5.63. The Morgan fingerprint density at radius 2 is 1.77 bits per heavy atom. The molecular formula is C29H26BrIN2O6. The fraction of sp³-hybridized carbons (Fsp3) is 0.207. The van der Waals surface area contributed by atoms with Crippen LogP contribution in [-0.4, -0.2) is 31.6 Å². The molecule has 0 aliphatic carbocycles. The van der Waals surface area contributed by atoms with Gasteiger partial charge >= 0.3 is 6.03 Å². The molecule has 1 heterocycles. The number of methoxy groups -OCH3 is 1. The van der Waals surface area contributed by atoms with Crippen molar-refractivity contribution in [2.45, 2.75) is 26.4 Å². The summed E-state index contributed by atoms with van der Waals surface area (Å²) < 4.78 is 18.9. The van der Waals surface area contributed by atoms with Crippen LogP contribution >= 0.6 is 38.5 Å². The number of anilines is 1. The Labute approximate surface area is 248 Å². The maximum atomic E-state index is 13.3. The van der Waals surface area contributed by atoms with Crippen molar-refractivity contribution in [1.82, 2.24) is 5.32 Å². The first-order chi connectivity index (χ1) is 18.8. The number of imide groups is 2. The first-order valence-electron chi connectivity index (χ1n) is 12.2. The van der Waals surface area contributed by atoms with E-state index < -0.39 is 17.8 Å². The van der Waals surface area contributed by atoms with E-state index in [1.54, 1.807) is 36.4 Å². The molecule has 3 aromatic rings. The van der Waals surface area contributed by atoms with E-state index in [9.17, 15) is 14.4 Å². The molecule has 0 unspecified atom stereocenters. The number of benzene rings is 3. The predicted octanol–water partition coefficient (Wildman–Crippen LogP) is 6.49. The zero-order chi connectivity index (χ0) is 27.9. The quantitative estimate of drug-likeness (QED) is 0.112. The molecule has 0 aromatic heterocycles. The standard InChI is InChI=1S/C29H26BrIN2O6/c1-3-4-13-38-21-11-9-20(10-12-21)33-28(35)22(27(34)32-29(33)36)14-18-15-24(31)26(25(16-18)37-2)39-17-19-7-5-6-8-23(19)30/h5-12,14-16H,3-4,13,17H2,1-2H3,(H,32,34,36)/b22-14-. The van der Waals surface area contributed by atoms with E-state index in [2.05, 4.69) is 50.8 Å². The monoisotopic (exact) mass is 704 g/mol. The van der Waals surface area contributed by atoms with Crippen LogP contribution in [0.4, 0.5) is 10.5 Å². The molecule has 4 rings (SSSR count). The molecule has 0 atom stereocenters. The fourth-order valence-electron chi connectivity index (χ4n) is 3.81. The van der Waals surface area contributed by atoms with Crippen LogP contribution < -0.4 is 24.4 Å². The second-order valence-corrected chi connectivity index (χ2v) is 10.6. The lowest BCUT2D eigenvalue weighted by Crippen LogP contribution is -2.54. The van der Waals surface area contributed by atoms with Crippen LogP contribution in [0.5, 0.6) is 17.2 Å². The van der Waals surface area contributed by atoms with Crippen molar-refractivity contribution in [1.29, 1.82) is 0 Å². The SMILES string of the molecule is CCCCOc1ccc(N2C(=O)NC(=O)/C(=C/c3cc(I)c(OCc4ccccc4Br)c(OC)c3)C2=O)cc1. The molecule has 0 saturated carbocycles. The summed E-state index contributed by atoms with van der Waals surface area (Å²) in [4.78, 5) is 39.5. The number of hydrogen-bond donors (Lipinski definition) is 1. The van der Waals surface area contributed by atoms with Crippen molar-refractivity contribution in [3.05, 3.63) is 85.4 Å². The van der Waals surface area contributed by atoms with Crippen LogP contribution in [0.3, 0.4) is 0 Å². The molecule has 10 heteroatoms. The van der Waals surface area contributed by atoms with Gasteiger partial charge in [0, 0.05) is 10.0 Å². The zero-order valence-electron chi connectivity index (χ0n) is 21.3. The van der Waals surface area contributed by atoms with E-state index >= 15 is 0 Å². The van der Waals surface area contributed by atoms with Gasteiger partial charge in [-0.15, -0.1) is 0 Å². The minimum absolute atomic E-state index is 0.183. The Balaban J connectivity index is 1.58. The number of barbiturate groups is 1. The summed E-state index contributed by atoms with van der Waals surface area (Å²) in [7, 11) is 1.52. The number of carbonyl (C=O) groups excluding carboxylic acids is 3. The molecule has 0 radical (unpaired) electrons. The third-order valence-electron chi connectivity index (χ3n) is 5.86. The normalized spacial score (nSPS) is 14.4. The summed E-state index contributed by atoms with van der Waals surface area (Å²) in [5.74, 6) is 0.104. The number of hydrogen-bond acceptors (Lipinski definition) is 6. The van der Waals surface area contributed by atoms with Gasteiger partial charge in [-0.05, 0) is 83.1 Å². The molecule has 3 aromatic carbocycles. The lowest BCUT2D eigenvalue weighted by molar-refractivity contribution is -0.122. The van der Waals surface area contributed by atoms with Gasteiger partial charge in [0.1, 0.15) is 17.9 Å². The number of halogens is 2. The number of unbranched alkanes of at least 4 members (excludes halogenated alkanes) is 1. The highest BCUT2D eigenvalue weighted by Crippen LogP contribution is 2.36. The summed E-state index contributed by atoms with van der Waals surface area (Å²) in [6.07, 6.45) is 3.37. The van der Waals surface area contributed by atoms with Crippen molar-refractivity contribution in [2.24, 2.45) is 0 Å². The van der Waals surface area contributed by atoms with Gasteiger partial charge in [-0.25, -0.2) is 9.69 Å². The summed E-state index contributed by atoms with van der Waals surface area (Å²) in [5.41, 5.74) is 1.65. The highest BCUT2D eigenvalue weighted by Gasteiger charge is 2.37. The van der Waals surface area contributed by atoms with Gasteiger partial charge in [0.15, 0.2) is 11.5 Å². The molecule has 1 aliphatic heterocycles. The van der Waals surface area contributed by atoms with Gasteiger partial charge in [-0.2, -0.15) is 0 Å². The maximum absolute atomic E-state index is 13.3. The topological polar surface area (TPSA) is 94.2 Å². The number of ether oxygens (including phenoxy) is 3. The molecule has 1 saturated heterocycles. The second kappa shape index (κ2) is 13.1. The minimum atomic E-state index is -0.815. The smallest absolute Gasteiger partial charge is 0.335 e. The van der Waals surface area contributed by atoms with Crippen molar-refractivity contribution in [2.75, 3.05) is 18.6 Å². The molecular weight excluding hydrogens is 679 g/mol. The Hall–Kier alpha value is -3.38. The average Bonchev–Trinajstić information content (AvgIpc) is 2.92. The van der Waals surface area contributed by atoms with Crippen LogP contribution in [0, 0.1) is 3.57 Å². The van der Waals surface area contributed by atoms with Gasteiger partial charge in [0.05, 0.1) is 23.0 Å². The first-order valence-corrected chi connectivity index (χ1v) is 14.1. The molecule has 1 N–H and O–H groups in total. The summed E-state index contributed by atoms with van der Waals surface area (Å²) in [6, 6.07) is 17.0. The number of urea groups is 1. The molecule has 0 spiro atoms. The third-order valence-corrected chi connectivity index (χ3v) is 7.43. The summed E-state index contributed by atoms with van der Waals surface area (Å²) in [6.45, 7) is 2.97. The lowest BCUT2D eigenvalue weighted by Gasteiger charge is -2.26. The van der Waals surface area contributed by atoms with Gasteiger partial charge in [-0.1, -0.05) is 47.5 Å². The largest absolute Gasteiger partial charge is 0.494 e. The number of rotatable bonds is 10. The van der Waals surface area contributed by atoms with Crippen LogP contribution in [0.2, 0.25) is 0 Å². The molecule has 4 amide bonds. The van der Waals surface area contributed by atoms with E-state index in [0.29, 0.717) is 41.7 Å². The van der Waals surface area contributed by atoms with Crippen molar-refractivity contribution in [3.8, 4) is 17.2 Å². The Bertz CT molecular complexity index is 1420. The zero-order valence-corrected chi connectivity index (χ0v) is 25.1. The van der Waals surface area contributed by atoms with Gasteiger partial charge in [-0.3, -0.25) is 14.9 Å². The molecule has 1 aliphatic rings. The highest BCUT2D eigenvalue weighted by atomic mass is 127. The van der Waals surface area contributed by atoms with Crippen molar-refractivity contribution < 1.29 is 28.6 Å². The van der Waals surface area contributed by atoms with Crippen LogP contribution in [0.15, 0.2) is 70.7 Å². The van der Waals surface area contributed by atoms with E-state index in [0.717, 1.165) is 31.3 Å². The Kier molecular flexibility index (Phi) is 9.63. The minimum Gasteiger partial charge on any atom is -0.494 e. The number of nitrogens with zero attached hydrogens (tertiary/aromatic N) is 1. The lowest BCUT2D eigenvalue weighted by atomic mass is 10.1. The molecule has 8 nitrogen and oxygen atoms in total. The predicted molar refractivity (Wildman–Crippen MR) is 160 cm³/mol. The molecule has 1 fully saturated rings. The van der Waals surface area contributed by atoms with Crippen LogP contribution in [-0.2, 0) is 16.2 Å². The summed E-state index contributed by atoms with van der Waals surface area (Å²) in [5, 5.41) is 2.25. The van der Waals surface area contributed by atoms with E-state index in [1.807, 2.05) is 24.3 Å². The van der Waals surface area contributed by atoms with Crippen molar-refractivity contribution in [3.63, 3.8) is 0 Å². The van der Waals surface area contributed by atoms with E-state index in [4.69, 9.17) is 14.2 Å². The fourth-order valence-corrected chi connectivity index (χ4v) is 4.99. The second-order valence-electron chi connectivity index (χ2n) is 8.57. The van der Waals surface area contributed by atoms with E-state index in [1.165, 1.54) is 13.2 Å². The number of nitrogens with one attached hydrogen (secondary N) is 1. The third kappa shape index (κ3) is 6.80. The number of amides is 4. The number of carbonyl (C=O) groups is 3. The van der Waals surface area contributed by atoms with Gasteiger partial charge < -0.3 is 14.2 Å². The molecule has 0 bridgehead atoms. The molecule has 39 heavy (non-hydrogen) atoms. The van der Waals surface area contributed by atoms with E-state index in [-0.39, 0.29) is 5.57 Å².